The average molecular weight is 398 g/mol. The van der Waals surface area contributed by atoms with E-state index in [2.05, 4.69) is 10.3 Å². The molecule has 0 aliphatic rings. The molecule has 2 aromatic heterocycles. The number of nitrogens with one attached hydrogen (secondary N) is 1. The SMILES string of the molecule is COc1ccc(-c2cc(C(=O)Nc3cccc(C(N)=O)n3)c3ccccc3n2)cc1. The Labute approximate surface area is 172 Å². The molecular formula is C23H18N4O3. The molecule has 30 heavy (non-hydrogen) atoms. The Kier molecular flexibility index (Phi) is 5.09. The second kappa shape index (κ2) is 8.00. The predicted octanol–water partition coefficient (Wildman–Crippen LogP) is 3.66. The lowest BCUT2D eigenvalue weighted by molar-refractivity contribution is 0.0991. The van der Waals surface area contributed by atoms with Gasteiger partial charge in [-0.05, 0) is 48.5 Å². The molecule has 0 aliphatic heterocycles. The van der Waals surface area contributed by atoms with Gasteiger partial charge in [0.15, 0.2) is 0 Å². The van der Waals surface area contributed by atoms with Crippen molar-refractivity contribution in [3.05, 3.63) is 84.1 Å². The summed E-state index contributed by atoms with van der Waals surface area (Å²) in [5, 5.41) is 3.44. The highest BCUT2D eigenvalue weighted by atomic mass is 16.5. The van der Waals surface area contributed by atoms with Crippen LogP contribution in [0, 0.1) is 0 Å². The first-order valence-corrected chi connectivity index (χ1v) is 9.17. The minimum absolute atomic E-state index is 0.0753. The first-order chi connectivity index (χ1) is 14.5. The molecule has 0 spiro atoms. The lowest BCUT2D eigenvalue weighted by Crippen LogP contribution is -2.17. The second-order valence-corrected chi connectivity index (χ2v) is 6.53. The van der Waals surface area contributed by atoms with Crippen LogP contribution in [0.4, 0.5) is 5.82 Å². The van der Waals surface area contributed by atoms with Gasteiger partial charge in [0.25, 0.3) is 11.8 Å². The summed E-state index contributed by atoms with van der Waals surface area (Å²) in [6.07, 6.45) is 0. The lowest BCUT2D eigenvalue weighted by atomic mass is 10.0. The van der Waals surface area contributed by atoms with Crippen LogP contribution in [-0.4, -0.2) is 28.9 Å². The zero-order chi connectivity index (χ0) is 21.1. The highest BCUT2D eigenvalue weighted by Crippen LogP contribution is 2.27. The molecule has 4 rings (SSSR count). The standard InChI is InChI=1S/C23H18N4O3/c1-30-15-11-9-14(10-12-15)20-13-17(16-5-2-3-6-18(16)25-20)23(29)27-21-8-4-7-19(26-21)22(24)28/h2-13H,1H3,(H2,24,28)(H,26,27,29). The van der Waals surface area contributed by atoms with E-state index >= 15 is 0 Å². The summed E-state index contributed by atoms with van der Waals surface area (Å²) in [7, 11) is 1.60. The predicted molar refractivity (Wildman–Crippen MR) is 114 cm³/mol. The quantitative estimate of drug-likeness (QED) is 0.533. The van der Waals surface area contributed by atoms with E-state index in [4.69, 9.17) is 15.5 Å². The van der Waals surface area contributed by atoms with Crippen LogP contribution in [0.2, 0.25) is 0 Å². The number of rotatable bonds is 5. The van der Waals surface area contributed by atoms with Crippen molar-refractivity contribution in [2.75, 3.05) is 12.4 Å². The minimum Gasteiger partial charge on any atom is -0.497 e. The maximum atomic E-state index is 13.1. The smallest absolute Gasteiger partial charge is 0.267 e. The summed E-state index contributed by atoms with van der Waals surface area (Å²) >= 11 is 0. The molecule has 3 N–H and O–H groups in total. The van der Waals surface area contributed by atoms with Crippen molar-refractivity contribution in [3.63, 3.8) is 0 Å². The maximum Gasteiger partial charge on any atom is 0.267 e. The van der Waals surface area contributed by atoms with Crippen molar-refractivity contribution in [2.45, 2.75) is 0 Å². The number of hydrogen-bond acceptors (Lipinski definition) is 5. The van der Waals surface area contributed by atoms with Crippen molar-refractivity contribution in [1.29, 1.82) is 0 Å². The molecule has 0 fully saturated rings. The Morgan fingerprint density at radius 3 is 2.43 bits per heavy atom. The van der Waals surface area contributed by atoms with E-state index in [9.17, 15) is 9.59 Å². The minimum atomic E-state index is -0.665. The van der Waals surface area contributed by atoms with Gasteiger partial charge in [-0.15, -0.1) is 0 Å². The number of aromatic nitrogens is 2. The largest absolute Gasteiger partial charge is 0.497 e. The molecule has 0 radical (unpaired) electrons. The molecule has 0 atom stereocenters. The van der Waals surface area contributed by atoms with Crippen molar-refractivity contribution in [1.82, 2.24) is 9.97 Å². The van der Waals surface area contributed by atoms with Gasteiger partial charge in [0.2, 0.25) is 0 Å². The van der Waals surface area contributed by atoms with Gasteiger partial charge in [-0.3, -0.25) is 9.59 Å². The molecule has 4 aromatic rings. The zero-order valence-corrected chi connectivity index (χ0v) is 16.1. The first kappa shape index (κ1) is 19.1. The molecular weight excluding hydrogens is 380 g/mol. The molecule has 0 saturated carbocycles. The number of anilines is 1. The van der Waals surface area contributed by atoms with Gasteiger partial charge < -0.3 is 15.8 Å². The second-order valence-electron chi connectivity index (χ2n) is 6.53. The number of methoxy groups -OCH3 is 1. The van der Waals surface area contributed by atoms with Gasteiger partial charge in [0.05, 0.1) is 23.9 Å². The van der Waals surface area contributed by atoms with Crippen molar-refractivity contribution in [3.8, 4) is 17.0 Å². The Morgan fingerprint density at radius 2 is 1.70 bits per heavy atom. The molecule has 0 aliphatic carbocycles. The molecule has 7 heteroatoms. The lowest BCUT2D eigenvalue weighted by Gasteiger charge is -2.11. The summed E-state index contributed by atoms with van der Waals surface area (Å²) in [5.41, 5.74) is 7.98. The van der Waals surface area contributed by atoms with Gasteiger partial charge in [-0.2, -0.15) is 0 Å². The number of carbonyl (C=O) groups is 2. The van der Waals surface area contributed by atoms with E-state index in [1.165, 1.54) is 6.07 Å². The van der Waals surface area contributed by atoms with Gasteiger partial charge >= 0.3 is 0 Å². The van der Waals surface area contributed by atoms with E-state index in [1.807, 2.05) is 48.5 Å². The topological polar surface area (TPSA) is 107 Å². The summed E-state index contributed by atoms with van der Waals surface area (Å²) in [6, 6.07) is 21.3. The van der Waals surface area contributed by atoms with Crippen molar-refractivity contribution in [2.24, 2.45) is 5.73 Å². The number of nitrogens with zero attached hydrogens (tertiary/aromatic N) is 2. The third-order valence-corrected chi connectivity index (χ3v) is 4.59. The fraction of sp³-hybridized carbons (Fsp3) is 0.0435. The Balaban J connectivity index is 1.76. The molecule has 0 unspecified atom stereocenters. The molecule has 0 saturated heterocycles. The van der Waals surface area contributed by atoms with E-state index in [0.29, 0.717) is 22.2 Å². The normalized spacial score (nSPS) is 10.6. The van der Waals surface area contributed by atoms with Gasteiger partial charge in [0.1, 0.15) is 17.3 Å². The highest BCUT2D eigenvalue weighted by Gasteiger charge is 2.15. The number of carbonyl (C=O) groups excluding carboxylic acids is 2. The van der Waals surface area contributed by atoms with E-state index in [0.717, 1.165) is 11.3 Å². The monoisotopic (exact) mass is 398 g/mol. The Bertz CT molecular complexity index is 1250. The van der Waals surface area contributed by atoms with Gasteiger partial charge in [0, 0.05) is 10.9 Å². The molecule has 2 aromatic carbocycles. The number of primary amides is 1. The van der Waals surface area contributed by atoms with Crippen LogP contribution >= 0.6 is 0 Å². The Morgan fingerprint density at radius 1 is 0.933 bits per heavy atom. The molecule has 2 amide bonds. The number of fused-ring (bicyclic) bond motifs is 1. The molecule has 148 valence electrons. The zero-order valence-electron chi connectivity index (χ0n) is 16.1. The fourth-order valence-corrected chi connectivity index (χ4v) is 3.10. The van der Waals surface area contributed by atoms with Crippen LogP contribution in [0.1, 0.15) is 20.8 Å². The van der Waals surface area contributed by atoms with Crippen molar-refractivity contribution >= 4 is 28.5 Å². The summed E-state index contributed by atoms with van der Waals surface area (Å²) < 4.78 is 5.21. The number of amides is 2. The number of hydrogen-bond donors (Lipinski definition) is 2. The summed E-state index contributed by atoms with van der Waals surface area (Å²) in [5.74, 6) is -0.0548. The number of ether oxygens (including phenoxy) is 1. The van der Waals surface area contributed by atoms with Crippen LogP contribution in [0.25, 0.3) is 22.2 Å². The number of para-hydroxylation sites is 1. The Hall–Kier alpha value is -4.26. The van der Waals surface area contributed by atoms with Gasteiger partial charge in [-0.25, -0.2) is 9.97 Å². The number of nitrogens with two attached hydrogens (primary N) is 1. The van der Waals surface area contributed by atoms with Crippen LogP contribution in [0.15, 0.2) is 72.8 Å². The molecule has 7 nitrogen and oxygen atoms in total. The first-order valence-electron chi connectivity index (χ1n) is 9.17. The molecule has 2 heterocycles. The van der Waals surface area contributed by atoms with E-state index in [1.54, 1.807) is 25.3 Å². The van der Waals surface area contributed by atoms with E-state index in [-0.39, 0.29) is 17.4 Å². The summed E-state index contributed by atoms with van der Waals surface area (Å²) in [6.45, 7) is 0. The number of benzene rings is 2. The average Bonchev–Trinajstić information content (AvgIpc) is 2.78. The molecule has 0 bridgehead atoms. The number of pyridine rings is 2. The third kappa shape index (κ3) is 3.81. The van der Waals surface area contributed by atoms with Crippen LogP contribution in [0.5, 0.6) is 5.75 Å². The van der Waals surface area contributed by atoms with Crippen LogP contribution in [-0.2, 0) is 0 Å². The highest BCUT2D eigenvalue weighted by molar-refractivity contribution is 6.13. The maximum absolute atomic E-state index is 13.1. The summed E-state index contributed by atoms with van der Waals surface area (Å²) in [4.78, 5) is 33.2. The fourth-order valence-electron chi connectivity index (χ4n) is 3.10. The van der Waals surface area contributed by atoms with Crippen LogP contribution in [0.3, 0.4) is 0 Å². The van der Waals surface area contributed by atoms with Crippen molar-refractivity contribution < 1.29 is 14.3 Å². The van der Waals surface area contributed by atoms with E-state index < -0.39 is 5.91 Å². The van der Waals surface area contributed by atoms with Gasteiger partial charge in [-0.1, -0.05) is 24.3 Å². The third-order valence-electron chi connectivity index (χ3n) is 4.59. The van der Waals surface area contributed by atoms with Crippen LogP contribution < -0.4 is 15.8 Å².